The molecule has 0 bridgehead atoms. The molecule has 2 aromatic heterocycles. The molecule has 0 saturated carbocycles. The van der Waals surface area contributed by atoms with Gasteiger partial charge in [-0.05, 0) is 49.6 Å². The lowest BCUT2D eigenvalue weighted by atomic mass is 10.0. The standard InChI is InChI=1S/C26H26N6O3/c1-16-14-28-24(27)21-22(30-32(23(16)21)20-8-5-13-31(15-20)26(34)35)17-9-11-18(12-10-17)25(33)29-19-6-3-2-4-7-19/h2-4,6-7,9-12,14,20H,5,8,13,15H2,1H3,(H2,27,28)(H,29,33)(H,34,35)/t20-/m1/s1. The third-order valence-electron chi connectivity index (χ3n) is 6.40. The van der Waals surface area contributed by atoms with E-state index in [0.717, 1.165) is 40.6 Å². The highest BCUT2D eigenvalue weighted by molar-refractivity contribution is 6.05. The summed E-state index contributed by atoms with van der Waals surface area (Å²) in [4.78, 5) is 30.0. The summed E-state index contributed by atoms with van der Waals surface area (Å²) in [6, 6.07) is 16.4. The molecule has 9 heteroatoms. The maximum Gasteiger partial charge on any atom is 0.407 e. The molecule has 1 aliphatic rings. The summed E-state index contributed by atoms with van der Waals surface area (Å²) in [6.07, 6.45) is 2.38. The van der Waals surface area contributed by atoms with E-state index in [9.17, 15) is 14.7 Å². The van der Waals surface area contributed by atoms with Crippen LogP contribution in [0.1, 0.15) is 34.8 Å². The molecule has 2 aromatic carbocycles. The Morgan fingerprint density at radius 1 is 1.11 bits per heavy atom. The van der Waals surface area contributed by atoms with E-state index in [1.807, 2.05) is 54.1 Å². The largest absolute Gasteiger partial charge is 0.465 e. The fourth-order valence-corrected chi connectivity index (χ4v) is 4.65. The van der Waals surface area contributed by atoms with Gasteiger partial charge in [0.2, 0.25) is 0 Å². The van der Waals surface area contributed by atoms with E-state index in [-0.39, 0.29) is 11.9 Å². The van der Waals surface area contributed by atoms with Crippen LogP contribution in [0.15, 0.2) is 60.8 Å². The van der Waals surface area contributed by atoms with Crippen LogP contribution in [0.2, 0.25) is 0 Å². The quantitative estimate of drug-likeness (QED) is 0.401. The van der Waals surface area contributed by atoms with Gasteiger partial charge < -0.3 is 21.1 Å². The maximum absolute atomic E-state index is 12.7. The van der Waals surface area contributed by atoms with Crippen molar-refractivity contribution in [3.8, 4) is 11.3 Å². The lowest BCUT2D eigenvalue weighted by Crippen LogP contribution is -2.40. The average Bonchev–Trinajstić information content (AvgIpc) is 3.29. The molecule has 9 nitrogen and oxygen atoms in total. The number of nitrogens with zero attached hydrogens (tertiary/aromatic N) is 4. The third kappa shape index (κ3) is 4.28. The Kier molecular flexibility index (Phi) is 5.82. The van der Waals surface area contributed by atoms with Crippen LogP contribution in [0, 0.1) is 6.92 Å². The number of amides is 2. The van der Waals surface area contributed by atoms with Gasteiger partial charge in [0, 0.05) is 36.1 Å². The van der Waals surface area contributed by atoms with Crippen LogP contribution in [0.4, 0.5) is 16.3 Å². The van der Waals surface area contributed by atoms with Gasteiger partial charge in [-0.3, -0.25) is 9.48 Å². The van der Waals surface area contributed by atoms with Gasteiger partial charge in [-0.1, -0.05) is 30.3 Å². The van der Waals surface area contributed by atoms with Gasteiger partial charge in [0.25, 0.3) is 5.91 Å². The van der Waals surface area contributed by atoms with Gasteiger partial charge in [0.15, 0.2) is 0 Å². The van der Waals surface area contributed by atoms with Crippen molar-refractivity contribution < 1.29 is 14.7 Å². The molecule has 0 unspecified atom stereocenters. The number of carbonyl (C=O) groups excluding carboxylic acids is 1. The zero-order valence-electron chi connectivity index (χ0n) is 19.3. The van der Waals surface area contributed by atoms with E-state index in [0.29, 0.717) is 30.2 Å². The number of aromatic nitrogens is 3. The van der Waals surface area contributed by atoms with Crippen LogP contribution in [0.5, 0.6) is 0 Å². The number of nitrogens with one attached hydrogen (secondary N) is 1. The number of benzene rings is 2. The maximum atomic E-state index is 12.7. The Hall–Kier alpha value is -4.40. The van der Waals surface area contributed by atoms with E-state index in [2.05, 4.69) is 10.3 Å². The molecule has 35 heavy (non-hydrogen) atoms. The van der Waals surface area contributed by atoms with Crippen molar-refractivity contribution in [3.05, 3.63) is 71.9 Å². The van der Waals surface area contributed by atoms with Crippen LogP contribution in [0.3, 0.4) is 0 Å². The minimum atomic E-state index is -0.923. The van der Waals surface area contributed by atoms with Gasteiger partial charge in [-0.2, -0.15) is 5.10 Å². The Labute approximate surface area is 202 Å². The van der Waals surface area contributed by atoms with Crippen molar-refractivity contribution in [2.45, 2.75) is 25.8 Å². The van der Waals surface area contributed by atoms with Crippen LogP contribution >= 0.6 is 0 Å². The number of likely N-dealkylation sites (tertiary alicyclic amines) is 1. The normalized spacial score (nSPS) is 15.8. The number of aryl methyl sites for hydroxylation is 1. The number of anilines is 2. The molecule has 1 aliphatic heterocycles. The molecule has 1 atom stereocenters. The summed E-state index contributed by atoms with van der Waals surface area (Å²) < 4.78 is 1.91. The molecule has 3 heterocycles. The van der Waals surface area contributed by atoms with E-state index in [1.165, 1.54) is 4.90 Å². The second-order valence-corrected chi connectivity index (χ2v) is 8.77. The molecular formula is C26H26N6O3. The summed E-state index contributed by atoms with van der Waals surface area (Å²) >= 11 is 0. The number of piperidine rings is 1. The molecular weight excluding hydrogens is 444 g/mol. The number of nitrogens with two attached hydrogens (primary N) is 1. The minimum Gasteiger partial charge on any atom is -0.465 e. The molecule has 1 saturated heterocycles. The SMILES string of the molecule is Cc1cnc(N)c2c(-c3ccc(C(=O)Nc4ccccc4)cc3)nn([C@@H]3CCCN(C(=O)O)C3)c12. The molecule has 0 spiro atoms. The number of para-hydroxylation sites is 1. The first-order valence-electron chi connectivity index (χ1n) is 11.5. The molecule has 2 amide bonds. The monoisotopic (exact) mass is 470 g/mol. The van der Waals surface area contributed by atoms with Crippen LogP contribution in [0.25, 0.3) is 22.2 Å². The zero-order valence-corrected chi connectivity index (χ0v) is 19.3. The Balaban J connectivity index is 1.51. The van der Waals surface area contributed by atoms with Crippen molar-refractivity contribution >= 4 is 34.4 Å². The summed E-state index contributed by atoms with van der Waals surface area (Å²) in [5.41, 5.74) is 10.8. The first-order valence-corrected chi connectivity index (χ1v) is 11.5. The second kappa shape index (κ2) is 9.09. The second-order valence-electron chi connectivity index (χ2n) is 8.77. The number of carboxylic acid groups (broad SMARTS) is 1. The highest BCUT2D eigenvalue weighted by Crippen LogP contribution is 2.36. The number of nitrogen functional groups attached to an aromatic ring is 1. The topological polar surface area (TPSA) is 126 Å². The molecule has 0 aliphatic carbocycles. The molecule has 1 fully saturated rings. The van der Waals surface area contributed by atoms with Crippen molar-refractivity contribution in [3.63, 3.8) is 0 Å². The van der Waals surface area contributed by atoms with Gasteiger partial charge >= 0.3 is 6.09 Å². The average molecular weight is 471 g/mol. The first kappa shape index (κ1) is 22.4. The summed E-state index contributed by atoms with van der Waals surface area (Å²) in [5, 5.41) is 18.0. The molecule has 5 rings (SSSR count). The Morgan fingerprint density at radius 3 is 2.57 bits per heavy atom. The van der Waals surface area contributed by atoms with Gasteiger partial charge in [-0.15, -0.1) is 0 Å². The predicted molar refractivity (Wildman–Crippen MR) is 134 cm³/mol. The van der Waals surface area contributed by atoms with Gasteiger partial charge in [-0.25, -0.2) is 9.78 Å². The summed E-state index contributed by atoms with van der Waals surface area (Å²) in [5.74, 6) is 0.162. The zero-order chi connectivity index (χ0) is 24.5. The van der Waals surface area contributed by atoms with E-state index in [1.54, 1.807) is 18.3 Å². The number of rotatable bonds is 4. The van der Waals surface area contributed by atoms with Gasteiger partial charge in [0.1, 0.15) is 11.5 Å². The molecule has 0 radical (unpaired) electrons. The fourth-order valence-electron chi connectivity index (χ4n) is 4.65. The number of fused-ring (bicyclic) bond motifs is 1. The number of pyridine rings is 1. The smallest absolute Gasteiger partial charge is 0.407 e. The van der Waals surface area contributed by atoms with Crippen molar-refractivity contribution in [1.82, 2.24) is 19.7 Å². The number of hydrogen-bond donors (Lipinski definition) is 3. The predicted octanol–water partition coefficient (Wildman–Crippen LogP) is 4.56. The lowest BCUT2D eigenvalue weighted by Gasteiger charge is -2.31. The first-order chi connectivity index (χ1) is 16.9. The van der Waals surface area contributed by atoms with E-state index >= 15 is 0 Å². The van der Waals surface area contributed by atoms with Gasteiger partial charge in [0.05, 0.1) is 16.9 Å². The highest BCUT2D eigenvalue weighted by Gasteiger charge is 2.28. The van der Waals surface area contributed by atoms with Crippen LogP contribution in [-0.4, -0.2) is 49.9 Å². The van der Waals surface area contributed by atoms with Crippen LogP contribution in [-0.2, 0) is 0 Å². The number of carbonyl (C=O) groups is 2. The summed E-state index contributed by atoms with van der Waals surface area (Å²) in [7, 11) is 0. The number of hydrogen-bond acceptors (Lipinski definition) is 5. The fraction of sp³-hybridized carbons (Fsp3) is 0.231. The van der Waals surface area contributed by atoms with E-state index in [4.69, 9.17) is 10.8 Å². The van der Waals surface area contributed by atoms with E-state index < -0.39 is 6.09 Å². The molecule has 4 N–H and O–H groups in total. The molecule has 178 valence electrons. The third-order valence-corrected chi connectivity index (χ3v) is 6.40. The van der Waals surface area contributed by atoms with Crippen molar-refractivity contribution in [2.24, 2.45) is 0 Å². The Bertz CT molecular complexity index is 1400. The Morgan fingerprint density at radius 2 is 1.86 bits per heavy atom. The summed E-state index contributed by atoms with van der Waals surface area (Å²) in [6.45, 7) is 2.84. The highest BCUT2D eigenvalue weighted by atomic mass is 16.4. The van der Waals surface area contributed by atoms with Crippen LogP contribution < -0.4 is 11.1 Å². The minimum absolute atomic E-state index is 0.104. The lowest BCUT2D eigenvalue weighted by molar-refractivity contribution is 0.102. The van der Waals surface area contributed by atoms with Crippen molar-refractivity contribution in [1.29, 1.82) is 0 Å². The molecule has 4 aromatic rings. The van der Waals surface area contributed by atoms with Crippen molar-refractivity contribution in [2.75, 3.05) is 24.1 Å².